The zero-order valence-corrected chi connectivity index (χ0v) is 22.6. The molecule has 0 spiro atoms. The largest absolute Gasteiger partial charge is 1.00 e. The number of hydrogen-bond donors (Lipinski definition) is 0. The van der Waals surface area contributed by atoms with Crippen molar-refractivity contribution < 1.29 is 46.4 Å². The van der Waals surface area contributed by atoms with Crippen molar-refractivity contribution >= 4 is 15.5 Å². The molecule has 0 saturated carbocycles. The molecule has 0 amide bonds. The van der Waals surface area contributed by atoms with Gasteiger partial charge in [0.2, 0.25) is 0 Å². The van der Waals surface area contributed by atoms with Gasteiger partial charge in [0, 0.05) is 0 Å². The second-order valence-corrected chi connectivity index (χ2v) is 23.4. The number of benzene rings is 1. The Morgan fingerprint density at radius 2 is 1.58 bits per heavy atom. The van der Waals surface area contributed by atoms with Crippen LogP contribution < -0.4 is 24.8 Å². The first kappa shape index (κ1) is 28.4. The van der Waals surface area contributed by atoms with Crippen LogP contribution in [-0.2, 0) is 21.6 Å². The normalized spacial score (nSPS) is 16.8. The van der Waals surface area contributed by atoms with Crippen molar-refractivity contribution in [2.24, 2.45) is 5.92 Å². The van der Waals surface area contributed by atoms with E-state index in [1.807, 2.05) is 6.07 Å². The van der Waals surface area contributed by atoms with Gasteiger partial charge in [-0.1, -0.05) is 57.0 Å². The van der Waals surface area contributed by atoms with Crippen molar-refractivity contribution in [3.8, 4) is 0 Å². The van der Waals surface area contributed by atoms with E-state index >= 15 is 0 Å². The fourth-order valence-corrected chi connectivity index (χ4v) is 2.43. The zero-order valence-electron chi connectivity index (χ0n) is 16.6. The predicted octanol–water partition coefficient (Wildman–Crippen LogP) is 0.347. The van der Waals surface area contributed by atoms with Gasteiger partial charge in [0.25, 0.3) is 0 Å². The minimum absolute atomic E-state index is 0. The standard InChI is InChI=1S/C12H11.C8H11.C2H6Ge.2ClH.Zr/c1-10-7-8-12(9-10)11-5-3-2-4-6-11;1-6-4-7(2)8(3)5-6;1-3-2;;;/h2-6,9H,8H2,1H3;4,6H,1-3H3;1-2H3;2*1H;/q2*-1;;;;+2/p-2. The van der Waals surface area contributed by atoms with Crippen LogP contribution in [0.15, 0.2) is 59.2 Å². The minimum atomic E-state index is -0.243. The topological polar surface area (TPSA) is 0 Å². The van der Waals surface area contributed by atoms with Crippen LogP contribution in [-0.4, -0.2) is 9.98 Å². The molecule has 3 rings (SSSR count). The van der Waals surface area contributed by atoms with Crippen molar-refractivity contribution in [1.29, 1.82) is 0 Å². The van der Waals surface area contributed by atoms with Crippen LogP contribution in [0.2, 0.25) is 11.5 Å². The van der Waals surface area contributed by atoms with Gasteiger partial charge in [0.1, 0.15) is 0 Å². The molecular weight excluding hydrogens is 499 g/mol. The SMILES string of the molecule is CC1=[C-]C(C)C=C1C.CC1=[C-]CC(c2ccccc2)=C1.[CH3][Ge]([CH3])=[Zr+2].[Cl-].[Cl-]. The van der Waals surface area contributed by atoms with E-state index in [9.17, 15) is 0 Å². The third kappa shape index (κ3) is 11.8. The number of halogens is 2. The van der Waals surface area contributed by atoms with Crippen LogP contribution >= 0.6 is 0 Å². The van der Waals surface area contributed by atoms with Crippen LogP contribution in [0.25, 0.3) is 5.57 Å². The molecular formula is C22H28Cl2GeZr-2. The van der Waals surface area contributed by atoms with Gasteiger partial charge in [-0.15, -0.1) is 18.9 Å². The Labute approximate surface area is 189 Å². The average Bonchev–Trinajstić information content (AvgIpc) is 3.06. The Balaban J connectivity index is 0. The summed E-state index contributed by atoms with van der Waals surface area (Å²) in [5.74, 6) is 5.30. The molecule has 140 valence electrons. The molecule has 4 heteroatoms. The molecule has 0 bridgehead atoms. The van der Waals surface area contributed by atoms with Gasteiger partial charge in [0.15, 0.2) is 0 Å². The van der Waals surface area contributed by atoms with E-state index in [1.165, 1.54) is 27.9 Å². The van der Waals surface area contributed by atoms with E-state index in [0.29, 0.717) is 5.92 Å². The Morgan fingerprint density at radius 1 is 1.04 bits per heavy atom. The van der Waals surface area contributed by atoms with Crippen LogP contribution in [0, 0.1) is 18.1 Å². The molecule has 0 N–H and O–H groups in total. The molecule has 0 saturated heterocycles. The Bertz CT molecular complexity index is 663. The number of allylic oxidation sites excluding steroid dienone is 8. The van der Waals surface area contributed by atoms with Crippen LogP contribution in [0.1, 0.15) is 39.7 Å². The summed E-state index contributed by atoms with van der Waals surface area (Å²) < 4.78 is 0. The fraction of sp³-hybridized carbons (Fsp3) is 0.364. The molecule has 2 aliphatic carbocycles. The summed E-state index contributed by atoms with van der Waals surface area (Å²) in [4.78, 5) is 0. The van der Waals surface area contributed by atoms with E-state index in [-0.39, 0.29) is 34.8 Å². The predicted molar refractivity (Wildman–Crippen MR) is 104 cm³/mol. The molecule has 26 heavy (non-hydrogen) atoms. The summed E-state index contributed by atoms with van der Waals surface area (Å²) >= 11 is 1.80. The molecule has 0 radical (unpaired) electrons. The van der Waals surface area contributed by atoms with Gasteiger partial charge in [-0.3, -0.25) is 12.2 Å². The molecule has 1 aromatic carbocycles. The number of hydrogen-bond acceptors (Lipinski definition) is 0. The first-order valence-corrected chi connectivity index (χ1v) is 20.1. The van der Waals surface area contributed by atoms with Crippen molar-refractivity contribution in [3.63, 3.8) is 0 Å². The number of rotatable bonds is 1. The summed E-state index contributed by atoms with van der Waals surface area (Å²) in [5.41, 5.74) is 6.67. The summed E-state index contributed by atoms with van der Waals surface area (Å²) in [6.07, 6.45) is 12.0. The minimum Gasteiger partial charge on any atom is -1.00 e. The molecule has 0 aromatic heterocycles. The van der Waals surface area contributed by atoms with E-state index in [1.54, 1.807) is 21.6 Å². The molecule has 1 unspecified atom stereocenters. The average molecular weight is 527 g/mol. The monoisotopic (exact) mass is 526 g/mol. The molecule has 1 aromatic rings. The second kappa shape index (κ2) is 15.1. The van der Waals surface area contributed by atoms with Gasteiger partial charge in [0.05, 0.1) is 0 Å². The summed E-state index contributed by atoms with van der Waals surface area (Å²) in [7, 11) is -0.243. The Morgan fingerprint density at radius 3 is 1.88 bits per heavy atom. The summed E-state index contributed by atoms with van der Waals surface area (Å²) in [5, 5.41) is 0. The Kier molecular flexibility index (Phi) is 16.5. The van der Waals surface area contributed by atoms with Gasteiger partial charge in [-0.25, -0.2) is 22.8 Å². The summed E-state index contributed by atoms with van der Waals surface area (Å²) in [6.45, 7) is 8.48. The van der Waals surface area contributed by atoms with Gasteiger partial charge >= 0.3 is 43.1 Å². The molecule has 0 nitrogen and oxygen atoms in total. The maximum Gasteiger partial charge on any atom is -1.00 e. The van der Waals surface area contributed by atoms with E-state index in [2.05, 4.69) is 87.8 Å². The third-order valence-electron chi connectivity index (χ3n) is 3.63. The van der Waals surface area contributed by atoms with Crippen molar-refractivity contribution in [3.05, 3.63) is 76.9 Å². The first-order valence-electron chi connectivity index (χ1n) is 8.43. The Hall–Kier alpha value is 0.186. The fourth-order valence-electron chi connectivity index (χ4n) is 2.43. The van der Waals surface area contributed by atoms with Gasteiger partial charge in [-0.2, -0.15) is 6.08 Å². The maximum atomic E-state index is 3.29. The molecule has 0 heterocycles. The van der Waals surface area contributed by atoms with Crippen molar-refractivity contribution in [1.82, 2.24) is 0 Å². The zero-order chi connectivity index (χ0) is 18.1. The smallest absolute Gasteiger partial charge is 1.00 e. The van der Waals surface area contributed by atoms with Gasteiger partial charge in [-0.05, 0) is 5.56 Å². The van der Waals surface area contributed by atoms with Crippen molar-refractivity contribution in [2.45, 2.75) is 45.6 Å². The van der Waals surface area contributed by atoms with Crippen LogP contribution in [0.3, 0.4) is 0 Å². The molecule has 0 fully saturated rings. The second-order valence-electron chi connectivity index (χ2n) is 6.48. The van der Waals surface area contributed by atoms with Crippen LogP contribution in [0.4, 0.5) is 0 Å². The molecule has 0 aliphatic heterocycles. The van der Waals surface area contributed by atoms with E-state index < -0.39 is 0 Å². The molecule has 1 atom stereocenters. The van der Waals surface area contributed by atoms with Crippen LogP contribution in [0.5, 0.6) is 0 Å². The molecule has 2 aliphatic rings. The third-order valence-corrected chi connectivity index (χ3v) is 3.63. The van der Waals surface area contributed by atoms with Gasteiger partial charge < -0.3 is 24.8 Å². The maximum absolute atomic E-state index is 3.29. The van der Waals surface area contributed by atoms with Crippen molar-refractivity contribution in [2.75, 3.05) is 0 Å². The van der Waals surface area contributed by atoms with E-state index in [4.69, 9.17) is 0 Å². The quantitative estimate of drug-likeness (QED) is 0.366. The van der Waals surface area contributed by atoms with E-state index in [0.717, 1.165) is 6.42 Å². The first-order chi connectivity index (χ1) is 11.3. The summed E-state index contributed by atoms with van der Waals surface area (Å²) in [6, 6.07) is 10.5.